The summed E-state index contributed by atoms with van der Waals surface area (Å²) in [5, 5.41) is 6.06. The normalized spacial score (nSPS) is 27.8. The largest absolute Gasteiger partial charge is 0.465 e. The van der Waals surface area contributed by atoms with Crippen LogP contribution < -0.4 is 10.6 Å². The number of urea groups is 1. The van der Waals surface area contributed by atoms with Gasteiger partial charge in [-0.05, 0) is 49.5 Å². The standard InChI is InChI=1S/C22H29N3O5S/c1-12-7-8-14-15(10-12)31-18(17(14)19(27)30-3)23-16(26)11-25-20(28)22(24-21(25)29)9-5-4-6-13(22)2/h12-13H,4-11H2,1-3H3,(H,23,26)(H,24,29)/t12-,13+,22+/m0/s1. The van der Waals surface area contributed by atoms with Crippen LogP contribution in [-0.4, -0.2) is 47.9 Å². The van der Waals surface area contributed by atoms with Crippen molar-refractivity contribution in [1.82, 2.24) is 10.2 Å². The third-order valence-corrected chi connectivity index (χ3v) is 8.13. The Labute approximate surface area is 185 Å². The first kappa shape index (κ1) is 21.8. The van der Waals surface area contributed by atoms with E-state index in [-0.39, 0.29) is 18.4 Å². The molecule has 0 radical (unpaired) electrons. The van der Waals surface area contributed by atoms with E-state index in [0.717, 1.165) is 53.9 Å². The monoisotopic (exact) mass is 447 g/mol. The van der Waals surface area contributed by atoms with Crippen LogP contribution in [0.2, 0.25) is 0 Å². The Hall–Kier alpha value is -2.42. The van der Waals surface area contributed by atoms with Gasteiger partial charge in [-0.15, -0.1) is 11.3 Å². The highest BCUT2D eigenvalue weighted by molar-refractivity contribution is 7.17. The third-order valence-electron chi connectivity index (χ3n) is 6.96. The van der Waals surface area contributed by atoms with Gasteiger partial charge in [-0.3, -0.25) is 14.5 Å². The second-order valence-corrected chi connectivity index (χ2v) is 10.1. The second kappa shape index (κ2) is 8.26. The fourth-order valence-electron chi connectivity index (χ4n) is 5.11. The Morgan fingerprint density at radius 1 is 1.26 bits per heavy atom. The van der Waals surface area contributed by atoms with Gasteiger partial charge in [0.1, 0.15) is 17.1 Å². The molecule has 3 aliphatic rings. The van der Waals surface area contributed by atoms with Crippen LogP contribution in [0, 0.1) is 11.8 Å². The highest BCUT2D eigenvalue weighted by Gasteiger charge is 2.55. The molecule has 0 unspecified atom stereocenters. The number of carbonyl (C=O) groups is 4. The minimum Gasteiger partial charge on any atom is -0.465 e. The molecule has 9 heteroatoms. The molecule has 1 aliphatic heterocycles. The molecule has 8 nitrogen and oxygen atoms in total. The van der Waals surface area contributed by atoms with Crippen LogP contribution >= 0.6 is 11.3 Å². The van der Waals surface area contributed by atoms with Crippen molar-refractivity contribution < 1.29 is 23.9 Å². The summed E-state index contributed by atoms with van der Waals surface area (Å²) in [5.74, 6) is -0.761. The minimum absolute atomic E-state index is 0.0303. The predicted molar refractivity (Wildman–Crippen MR) is 116 cm³/mol. The Morgan fingerprint density at radius 3 is 2.74 bits per heavy atom. The quantitative estimate of drug-likeness (QED) is 0.545. The number of nitrogens with zero attached hydrogens (tertiary/aromatic N) is 1. The lowest BCUT2D eigenvalue weighted by Crippen LogP contribution is -2.54. The molecule has 4 amide bonds. The summed E-state index contributed by atoms with van der Waals surface area (Å²) in [4.78, 5) is 53.0. The van der Waals surface area contributed by atoms with E-state index in [0.29, 0.717) is 22.9 Å². The van der Waals surface area contributed by atoms with Gasteiger partial charge >= 0.3 is 12.0 Å². The van der Waals surface area contributed by atoms with E-state index in [2.05, 4.69) is 17.6 Å². The average Bonchev–Trinajstić information content (AvgIpc) is 3.19. The number of nitrogens with one attached hydrogen (secondary N) is 2. The van der Waals surface area contributed by atoms with Crippen molar-refractivity contribution >= 4 is 40.2 Å². The summed E-state index contributed by atoms with van der Waals surface area (Å²) in [6, 6.07) is -0.526. The topological polar surface area (TPSA) is 105 Å². The lowest BCUT2D eigenvalue weighted by molar-refractivity contribution is -0.136. The Morgan fingerprint density at radius 2 is 2.03 bits per heavy atom. The number of esters is 1. The van der Waals surface area contributed by atoms with Crippen LogP contribution in [0.5, 0.6) is 0 Å². The number of carbonyl (C=O) groups excluding carboxylic acids is 4. The van der Waals surface area contributed by atoms with Crippen molar-refractivity contribution in [3.63, 3.8) is 0 Å². The molecule has 31 heavy (non-hydrogen) atoms. The number of hydrogen-bond acceptors (Lipinski definition) is 6. The fraction of sp³-hybridized carbons (Fsp3) is 0.636. The maximum atomic E-state index is 13.1. The number of anilines is 1. The number of fused-ring (bicyclic) bond motifs is 1. The first-order valence-electron chi connectivity index (χ1n) is 10.9. The van der Waals surface area contributed by atoms with Crippen LogP contribution in [0.4, 0.5) is 9.80 Å². The smallest absolute Gasteiger partial charge is 0.341 e. The zero-order chi connectivity index (χ0) is 22.3. The van der Waals surface area contributed by atoms with Gasteiger partial charge in [-0.2, -0.15) is 0 Å². The number of amides is 4. The predicted octanol–water partition coefficient (Wildman–Crippen LogP) is 3.10. The van der Waals surface area contributed by atoms with Crippen LogP contribution in [0.15, 0.2) is 0 Å². The lowest BCUT2D eigenvalue weighted by Gasteiger charge is -2.36. The zero-order valence-corrected chi connectivity index (χ0v) is 19.0. The van der Waals surface area contributed by atoms with Crippen LogP contribution in [0.25, 0.3) is 0 Å². The van der Waals surface area contributed by atoms with Crippen LogP contribution in [-0.2, 0) is 27.2 Å². The molecule has 0 aromatic carbocycles. The first-order valence-corrected chi connectivity index (χ1v) is 11.7. The van der Waals surface area contributed by atoms with Crippen molar-refractivity contribution in [3.05, 3.63) is 16.0 Å². The third kappa shape index (κ3) is 3.73. The van der Waals surface area contributed by atoms with Gasteiger partial charge < -0.3 is 15.4 Å². The van der Waals surface area contributed by atoms with Gasteiger partial charge in [0.15, 0.2) is 0 Å². The fourth-order valence-corrected chi connectivity index (χ4v) is 6.52. The summed E-state index contributed by atoms with van der Waals surface area (Å²) < 4.78 is 4.95. The highest BCUT2D eigenvalue weighted by Crippen LogP contribution is 2.41. The van der Waals surface area contributed by atoms with Gasteiger partial charge in [-0.1, -0.05) is 26.7 Å². The molecule has 1 aromatic heterocycles. The van der Waals surface area contributed by atoms with Crippen molar-refractivity contribution in [3.8, 4) is 0 Å². The van der Waals surface area contributed by atoms with Crippen molar-refractivity contribution in [1.29, 1.82) is 0 Å². The molecule has 0 bridgehead atoms. The van der Waals surface area contributed by atoms with E-state index in [1.807, 2.05) is 6.92 Å². The maximum absolute atomic E-state index is 13.1. The molecule has 168 valence electrons. The number of ether oxygens (including phenoxy) is 1. The molecule has 2 aliphatic carbocycles. The summed E-state index contributed by atoms with van der Waals surface area (Å²) in [6.45, 7) is 3.76. The van der Waals surface area contributed by atoms with E-state index >= 15 is 0 Å². The summed E-state index contributed by atoms with van der Waals surface area (Å²) in [5.41, 5.74) is 0.442. The number of methoxy groups -OCH3 is 1. The summed E-state index contributed by atoms with van der Waals surface area (Å²) >= 11 is 1.38. The zero-order valence-electron chi connectivity index (χ0n) is 18.2. The Balaban J connectivity index is 1.52. The molecule has 1 spiro atoms. The van der Waals surface area contributed by atoms with Crippen molar-refractivity contribution in [2.24, 2.45) is 11.8 Å². The molecule has 1 aromatic rings. The van der Waals surface area contributed by atoms with Gasteiger partial charge in [0, 0.05) is 4.88 Å². The molecular formula is C22H29N3O5S. The van der Waals surface area contributed by atoms with Gasteiger partial charge in [-0.25, -0.2) is 9.59 Å². The van der Waals surface area contributed by atoms with E-state index in [1.165, 1.54) is 18.4 Å². The number of imide groups is 1. The summed E-state index contributed by atoms with van der Waals surface area (Å²) in [6.07, 6.45) is 5.97. The molecular weight excluding hydrogens is 418 g/mol. The Bertz CT molecular complexity index is 942. The van der Waals surface area contributed by atoms with E-state index in [1.54, 1.807) is 0 Å². The van der Waals surface area contributed by atoms with E-state index in [9.17, 15) is 19.2 Å². The van der Waals surface area contributed by atoms with Gasteiger partial charge in [0.25, 0.3) is 5.91 Å². The maximum Gasteiger partial charge on any atom is 0.341 e. The minimum atomic E-state index is -0.898. The molecule has 1 saturated carbocycles. The number of thiophene rings is 1. The van der Waals surface area contributed by atoms with Crippen LogP contribution in [0.3, 0.4) is 0 Å². The van der Waals surface area contributed by atoms with Crippen molar-refractivity contribution in [2.75, 3.05) is 19.0 Å². The highest BCUT2D eigenvalue weighted by atomic mass is 32.1. The molecule has 2 heterocycles. The van der Waals surface area contributed by atoms with E-state index < -0.39 is 23.4 Å². The Kier molecular flexibility index (Phi) is 5.81. The van der Waals surface area contributed by atoms with Gasteiger partial charge in [0.2, 0.25) is 5.91 Å². The first-order chi connectivity index (χ1) is 14.8. The van der Waals surface area contributed by atoms with Crippen molar-refractivity contribution in [2.45, 2.75) is 64.3 Å². The molecule has 1 saturated heterocycles. The molecule has 4 rings (SSSR count). The molecule has 2 N–H and O–H groups in total. The van der Waals surface area contributed by atoms with Crippen LogP contribution in [0.1, 0.15) is 66.8 Å². The van der Waals surface area contributed by atoms with Gasteiger partial charge in [0.05, 0.1) is 12.7 Å². The van der Waals surface area contributed by atoms with E-state index in [4.69, 9.17) is 4.74 Å². The lowest BCUT2D eigenvalue weighted by atomic mass is 9.73. The average molecular weight is 448 g/mol. The number of hydrogen-bond donors (Lipinski definition) is 2. The summed E-state index contributed by atoms with van der Waals surface area (Å²) in [7, 11) is 1.32. The SMILES string of the molecule is COC(=O)c1c(NC(=O)CN2C(=O)N[C@@]3(CCCC[C@H]3C)C2=O)sc2c1CC[C@H](C)C2. The number of rotatable bonds is 4. The second-order valence-electron chi connectivity index (χ2n) is 9.04. The molecule has 2 fully saturated rings. The molecule has 3 atom stereocenters.